The van der Waals surface area contributed by atoms with Crippen LogP contribution in [-0.4, -0.2) is 43.2 Å². The third kappa shape index (κ3) is 3.28. The van der Waals surface area contributed by atoms with Gasteiger partial charge in [-0.1, -0.05) is 18.2 Å². The molecule has 2 aliphatic heterocycles. The highest BCUT2D eigenvalue weighted by Crippen LogP contribution is 2.27. The third-order valence-electron chi connectivity index (χ3n) is 4.14. The second kappa shape index (κ2) is 5.93. The molecule has 3 rings (SSSR count). The summed E-state index contributed by atoms with van der Waals surface area (Å²) in [6.45, 7) is 6.94. The standard InChI is InChI=1S/C16H24N2O/c1-13(12-18-8-4-5-9-18)17-11-15-10-14-6-2-3-7-16(14)19-15/h2-3,6-7,13,15,17H,4-5,8-12H2,1H3. The van der Waals surface area contributed by atoms with E-state index in [-0.39, 0.29) is 0 Å². The Morgan fingerprint density at radius 2 is 2.11 bits per heavy atom. The van der Waals surface area contributed by atoms with Crippen molar-refractivity contribution < 1.29 is 4.74 Å². The van der Waals surface area contributed by atoms with Crippen molar-refractivity contribution in [2.45, 2.75) is 38.3 Å². The van der Waals surface area contributed by atoms with Gasteiger partial charge in [0.05, 0.1) is 0 Å². The normalized spacial score (nSPS) is 24.2. The Kier molecular flexibility index (Phi) is 4.04. The maximum atomic E-state index is 5.95. The third-order valence-corrected chi connectivity index (χ3v) is 4.14. The first kappa shape index (κ1) is 12.9. The van der Waals surface area contributed by atoms with Crippen molar-refractivity contribution in [3.8, 4) is 5.75 Å². The van der Waals surface area contributed by atoms with Gasteiger partial charge < -0.3 is 15.0 Å². The predicted octanol–water partition coefficient (Wildman–Crippen LogP) is 2.06. The van der Waals surface area contributed by atoms with Crippen LogP contribution < -0.4 is 10.1 Å². The fourth-order valence-electron chi connectivity index (χ4n) is 3.12. The number of nitrogens with one attached hydrogen (secondary N) is 1. The first-order chi connectivity index (χ1) is 9.31. The summed E-state index contributed by atoms with van der Waals surface area (Å²) in [6, 6.07) is 8.93. The summed E-state index contributed by atoms with van der Waals surface area (Å²) in [5, 5.41) is 3.62. The van der Waals surface area contributed by atoms with E-state index in [1.807, 2.05) is 6.07 Å². The summed E-state index contributed by atoms with van der Waals surface area (Å²) in [4.78, 5) is 2.56. The molecule has 104 valence electrons. The topological polar surface area (TPSA) is 24.5 Å². The summed E-state index contributed by atoms with van der Waals surface area (Å²) >= 11 is 0. The molecule has 0 bridgehead atoms. The average molecular weight is 260 g/mol. The van der Waals surface area contributed by atoms with Crippen LogP contribution in [0.4, 0.5) is 0 Å². The summed E-state index contributed by atoms with van der Waals surface area (Å²) in [6.07, 6.45) is 4.08. The minimum Gasteiger partial charge on any atom is -0.488 e. The van der Waals surface area contributed by atoms with Crippen LogP contribution in [-0.2, 0) is 6.42 Å². The van der Waals surface area contributed by atoms with E-state index < -0.39 is 0 Å². The maximum absolute atomic E-state index is 5.95. The largest absolute Gasteiger partial charge is 0.488 e. The van der Waals surface area contributed by atoms with E-state index in [1.165, 1.54) is 38.0 Å². The Morgan fingerprint density at radius 1 is 1.32 bits per heavy atom. The molecule has 0 spiro atoms. The van der Waals surface area contributed by atoms with Gasteiger partial charge in [0.1, 0.15) is 11.9 Å². The Morgan fingerprint density at radius 3 is 2.89 bits per heavy atom. The number of hydrogen-bond donors (Lipinski definition) is 1. The van der Waals surface area contributed by atoms with Gasteiger partial charge in [-0.3, -0.25) is 0 Å². The first-order valence-corrected chi connectivity index (χ1v) is 7.51. The van der Waals surface area contributed by atoms with Crippen LogP contribution in [0.25, 0.3) is 0 Å². The van der Waals surface area contributed by atoms with Crippen molar-refractivity contribution in [2.24, 2.45) is 0 Å². The molecule has 2 heterocycles. The van der Waals surface area contributed by atoms with Gasteiger partial charge in [-0.15, -0.1) is 0 Å². The second-order valence-corrected chi connectivity index (χ2v) is 5.87. The van der Waals surface area contributed by atoms with Crippen LogP contribution in [0.2, 0.25) is 0 Å². The van der Waals surface area contributed by atoms with E-state index in [1.54, 1.807) is 0 Å². The van der Waals surface area contributed by atoms with Gasteiger partial charge >= 0.3 is 0 Å². The van der Waals surface area contributed by atoms with E-state index in [0.717, 1.165) is 18.7 Å². The molecule has 2 unspecified atom stereocenters. The fourth-order valence-corrected chi connectivity index (χ4v) is 3.12. The molecule has 2 atom stereocenters. The van der Waals surface area contributed by atoms with Crippen LogP contribution in [0.5, 0.6) is 5.75 Å². The molecule has 0 aliphatic carbocycles. The molecule has 0 aromatic heterocycles. The molecule has 3 heteroatoms. The summed E-state index contributed by atoms with van der Waals surface area (Å²) in [5.74, 6) is 1.07. The van der Waals surface area contributed by atoms with Crippen molar-refractivity contribution in [1.29, 1.82) is 0 Å². The molecule has 1 aromatic rings. The molecular formula is C16H24N2O. The van der Waals surface area contributed by atoms with Crippen molar-refractivity contribution in [2.75, 3.05) is 26.2 Å². The van der Waals surface area contributed by atoms with Crippen LogP contribution >= 0.6 is 0 Å². The number of fused-ring (bicyclic) bond motifs is 1. The van der Waals surface area contributed by atoms with Gasteiger partial charge in [-0.25, -0.2) is 0 Å². The SMILES string of the molecule is CC(CN1CCCC1)NCC1Cc2ccccc2O1. The number of nitrogens with zero attached hydrogens (tertiary/aromatic N) is 1. The molecule has 0 saturated carbocycles. The Hall–Kier alpha value is -1.06. The predicted molar refractivity (Wildman–Crippen MR) is 77.7 cm³/mol. The van der Waals surface area contributed by atoms with E-state index in [2.05, 4.69) is 35.3 Å². The second-order valence-electron chi connectivity index (χ2n) is 5.87. The van der Waals surface area contributed by atoms with Gasteiger partial charge in [-0.05, 0) is 44.5 Å². The number of para-hydroxylation sites is 1. The van der Waals surface area contributed by atoms with E-state index in [0.29, 0.717) is 12.1 Å². The Bertz CT molecular complexity index is 390. The Labute approximate surface area is 115 Å². The molecule has 1 fully saturated rings. The fraction of sp³-hybridized carbons (Fsp3) is 0.625. The molecular weight excluding hydrogens is 236 g/mol. The van der Waals surface area contributed by atoms with Crippen molar-refractivity contribution >= 4 is 0 Å². The number of ether oxygens (including phenoxy) is 1. The zero-order valence-corrected chi connectivity index (χ0v) is 11.8. The molecule has 1 saturated heterocycles. The number of benzene rings is 1. The monoisotopic (exact) mass is 260 g/mol. The molecule has 19 heavy (non-hydrogen) atoms. The lowest BCUT2D eigenvalue weighted by Gasteiger charge is -2.22. The van der Waals surface area contributed by atoms with E-state index in [4.69, 9.17) is 4.74 Å². The first-order valence-electron chi connectivity index (χ1n) is 7.51. The van der Waals surface area contributed by atoms with Crippen LogP contribution in [0.1, 0.15) is 25.3 Å². The highest BCUT2D eigenvalue weighted by molar-refractivity contribution is 5.37. The number of hydrogen-bond acceptors (Lipinski definition) is 3. The lowest BCUT2D eigenvalue weighted by atomic mass is 10.1. The molecule has 1 aromatic carbocycles. The van der Waals surface area contributed by atoms with Crippen molar-refractivity contribution in [3.63, 3.8) is 0 Å². The minimum absolute atomic E-state index is 0.304. The van der Waals surface area contributed by atoms with Crippen molar-refractivity contribution in [3.05, 3.63) is 29.8 Å². The quantitative estimate of drug-likeness (QED) is 0.877. The summed E-state index contributed by atoms with van der Waals surface area (Å²) < 4.78 is 5.95. The van der Waals surface area contributed by atoms with Gasteiger partial charge in [0.25, 0.3) is 0 Å². The molecule has 3 nitrogen and oxygen atoms in total. The molecule has 0 radical (unpaired) electrons. The Balaban J connectivity index is 1.41. The lowest BCUT2D eigenvalue weighted by molar-refractivity contribution is 0.213. The lowest BCUT2D eigenvalue weighted by Crippen LogP contribution is -2.42. The zero-order valence-electron chi connectivity index (χ0n) is 11.8. The zero-order chi connectivity index (χ0) is 13.1. The summed E-state index contributed by atoms with van der Waals surface area (Å²) in [7, 11) is 0. The van der Waals surface area contributed by atoms with Crippen LogP contribution in [0.3, 0.4) is 0 Å². The van der Waals surface area contributed by atoms with Gasteiger partial charge in [-0.2, -0.15) is 0 Å². The van der Waals surface area contributed by atoms with E-state index >= 15 is 0 Å². The van der Waals surface area contributed by atoms with Crippen LogP contribution in [0, 0.1) is 0 Å². The van der Waals surface area contributed by atoms with Crippen LogP contribution in [0.15, 0.2) is 24.3 Å². The minimum atomic E-state index is 0.304. The maximum Gasteiger partial charge on any atom is 0.123 e. The molecule has 1 N–H and O–H groups in total. The van der Waals surface area contributed by atoms with E-state index in [9.17, 15) is 0 Å². The number of likely N-dealkylation sites (tertiary alicyclic amines) is 1. The van der Waals surface area contributed by atoms with Gasteiger partial charge in [0, 0.05) is 25.6 Å². The van der Waals surface area contributed by atoms with Gasteiger partial charge in [0.2, 0.25) is 0 Å². The van der Waals surface area contributed by atoms with Gasteiger partial charge in [0.15, 0.2) is 0 Å². The highest BCUT2D eigenvalue weighted by atomic mass is 16.5. The summed E-state index contributed by atoms with van der Waals surface area (Å²) in [5.41, 5.74) is 1.35. The van der Waals surface area contributed by atoms with Crippen molar-refractivity contribution in [1.82, 2.24) is 10.2 Å². The smallest absolute Gasteiger partial charge is 0.123 e. The number of rotatable bonds is 5. The molecule has 0 amide bonds. The molecule has 2 aliphatic rings. The average Bonchev–Trinajstić information content (AvgIpc) is 3.04. The highest BCUT2D eigenvalue weighted by Gasteiger charge is 2.23.